The van der Waals surface area contributed by atoms with Gasteiger partial charge in [0.2, 0.25) is 0 Å². The van der Waals surface area contributed by atoms with E-state index in [0.717, 1.165) is 22.4 Å². The van der Waals surface area contributed by atoms with Crippen LogP contribution in [0, 0.1) is 0 Å². The van der Waals surface area contributed by atoms with Gasteiger partial charge in [0.05, 0.1) is 12.0 Å². The molecule has 18 heavy (non-hydrogen) atoms. The van der Waals surface area contributed by atoms with Crippen molar-refractivity contribution in [2.45, 2.75) is 0 Å². The van der Waals surface area contributed by atoms with E-state index < -0.39 is 0 Å². The number of imidazole rings is 1. The summed E-state index contributed by atoms with van der Waals surface area (Å²) in [5.74, 6) is 0. The van der Waals surface area contributed by atoms with E-state index in [1.807, 2.05) is 54.1 Å². The first-order valence-electron chi connectivity index (χ1n) is 5.70. The number of benzene rings is 1. The van der Waals surface area contributed by atoms with Crippen molar-refractivity contribution in [1.82, 2.24) is 19.5 Å². The topological polar surface area (TPSA) is 43.6 Å². The van der Waals surface area contributed by atoms with Gasteiger partial charge in [-0.2, -0.15) is 0 Å². The Bertz CT molecular complexity index is 698. The largest absolute Gasteiger partial charge is 0.318 e. The summed E-state index contributed by atoms with van der Waals surface area (Å²) >= 11 is 0. The maximum absolute atomic E-state index is 4.32. The molecule has 0 amide bonds. The zero-order chi connectivity index (χ0) is 12.4. The molecule has 4 heteroatoms. The molecule has 1 aromatic carbocycles. The zero-order valence-electron chi connectivity index (χ0n) is 9.99. The minimum Gasteiger partial charge on any atom is -0.318 e. The standard InChI is InChI=1S/C14H12N4/c1-18-10-17-13-12(15-9-16-14(13)18)8-7-11-5-3-2-4-6-11/h2-10H,1H3. The van der Waals surface area contributed by atoms with Crippen LogP contribution in [0.2, 0.25) is 0 Å². The van der Waals surface area contributed by atoms with Gasteiger partial charge in [-0.1, -0.05) is 36.4 Å². The van der Waals surface area contributed by atoms with Crippen molar-refractivity contribution in [1.29, 1.82) is 0 Å². The number of hydrogen-bond acceptors (Lipinski definition) is 3. The number of aryl methyl sites for hydroxylation is 1. The summed E-state index contributed by atoms with van der Waals surface area (Å²) in [7, 11) is 1.92. The highest BCUT2D eigenvalue weighted by Crippen LogP contribution is 2.14. The highest BCUT2D eigenvalue weighted by Gasteiger charge is 2.04. The highest BCUT2D eigenvalue weighted by atomic mass is 15.1. The van der Waals surface area contributed by atoms with Crippen molar-refractivity contribution in [3.8, 4) is 0 Å². The van der Waals surface area contributed by atoms with Gasteiger partial charge in [-0.25, -0.2) is 15.0 Å². The summed E-state index contributed by atoms with van der Waals surface area (Å²) in [4.78, 5) is 12.8. The van der Waals surface area contributed by atoms with E-state index in [2.05, 4.69) is 15.0 Å². The molecule has 0 atom stereocenters. The second kappa shape index (κ2) is 4.41. The minimum atomic E-state index is 0.826. The molecule has 0 saturated carbocycles. The van der Waals surface area contributed by atoms with Gasteiger partial charge < -0.3 is 4.57 Å². The Hall–Kier alpha value is -2.49. The monoisotopic (exact) mass is 236 g/mol. The Morgan fingerprint density at radius 2 is 1.83 bits per heavy atom. The summed E-state index contributed by atoms with van der Waals surface area (Å²) in [6.07, 6.45) is 7.30. The third-order valence-electron chi connectivity index (χ3n) is 2.76. The molecule has 2 heterocycles. The molecule has 3 aromatic rings. The van der Waals surface area contributed by atoms with Gasteiger partial charge >= 0.3 is 0 Å². The Morgan fingerprint density at radius 1 is 1.00 bits per heavy atom. The van der Waals surface area contributed by atoms with Gasteiger partial charge in [0.15, 0.2) is 5.65 Å². The fourth-order valence-electron chi connectivity index (χ4n) is 1.82. The first-order valence-corrected chi connectivity index (χ1v) is 5.70. The highest BCUT2D eigenvalue weighted by molar-refractivity contribution is 5.83. The Labute approximate surface area is 105 Å². The Balaban J connectivity index is 2.03. The van der Waals surface area contributed by atoms with Crippen LogP contribution in [-0.4, -0.2) is 19.5 Å². The molecule has 3 rings (SSSR count). The first-order chi connectivity index (χ1) is 8.84. The average Bonchev–Trinajstić information content (AvgIpc) is 2.80. The Morgan fingerprint density at radius 3 is 2.67 bits per heavy atom. The van der Waals surface area contributed by atoms with Gasteiger partial charge in [0.25, 0.3) is 0 Å². The molecular weight excluding hydrogens is 224 g/mol. The van der Waals surface area contributed by atoms with Crippen LogP contribution in [0.5, 0.6) is 0 Å². The van der Waals surface area contributed by atoms with Crippen LogP contribution in [0.25, 0.3) is 23.3 Å². The van der Waals surface area contributed by atoms with Gasteiger partial charge in [0.1, 0.15) is 11.8 Å². The Kier molecular flexibility index (Phi) is 2.61. The second-order valence-electron chi connectivity index (χ2n) is 4.03. The lowest BCUT2D eigenvalue weighted by Gasteiger charge is -1.96. The smallest absolute Gasteiger partial charge is 0.163 e. The normalized spacial score (nSPS) is 11.4. The van der Waals surface area contributed by atoms with Gasteiger partial charge in [-0.15, -0.1) is 0 Å². The third kappa shape index (κ3) is 1.88. The predicted octanol–water partition coefficient (Wildman–Crippen LogP) is 2.53. The van der Waals surface area contributed by atoms with E-state index in [0.29, 0.717) is 0 Å². The number of rotatable bonds is 2. The maximum Gasteiger partial charge on any atom is 0.163 e. The van der Waals surface area contributed by atoms with Crippen LogP contribution in [0.4, 0.5) is 0 Å². The summed E-state index contributed by atoms with van der Waals surface area (Å²) < 4.78 is 1.89. The van der Waals surface area contributed by atoms with Gasteiger partial charge in [-0.3, -0.25) is 0 Å². The van der Waals surface area contributed by atoms with E-state index in [1.165, 1.54) is 0 Å². The van der Waals surface area contributed by atoms with Crippen LogP contribution in [-0.2, 0) is 7.05 Å². The molecule has 0 aliphatic heterocycles. The molecule has 0 spiro atoms. The van der Waals surface area contributed by atoms with Crippen molar-refractivity contribution in [2.24, 2.45) is 7.05 Å². The summed E-state index contributed by atoms with van der Waals surface area (Å²) in [5.41, 5.74) is 3.65. The van der Waals surface area contributed by atoms with E-state index in [1.54, 1.807) is 12.7 Å². The molecule has 88 valence electrons. The van der Waals surface area contributed by atoms with E-state index in [4.69, 9.17) is 0 Å². The molecule has 0 saturated heterocycles. The molecule has 0 aliphatic rings. The fourth-order valence-corrected chi connectivity index (χ4v) is 1.82. The number of hydrogen-bond donors (Lipinski definition) is 0. The number of aromatic nitrogens is 4. The van der Waals surface area contributed by atoms with Crippen molar-refractivity contribution in [3.05, 3.63) is 54.2 Å². The number of fused-ring (bicyclic) bond motifs is 1. The zero-order valence-corrected chi connectivity index (χ0v) is 9.99. The molecule has 0 unspecified atom stereocenters. The SMILES string of the molecule is Cn1cnc2c(C=Cc3ccccc3)ncnc21. The summed E-state index contributed by atoms with van der Waals surface area (Å²) in [5, 5.41) is 0. The molecular formula is C14H12N4. The third-order valence-corrected chi connectivity index (χ3v) is 2.76. The van der Waals surface area contributed by atoms with Gasteiger partial charge in [0, 0.05) is 7.05 Å². The minimum absolute atomic E-state index is 0.826. The molecule has 0 N–H and O–H groups in total. The molecule has 0 aliphatic carbocycles. The van der Waals surface area contributed by atoms with Crippen LogP contribution in [0.15, 0.2) is 43.0 Å². The second-order valence-corrected chi connectivity index (χ2v) is 4.03. The van der Waals surface area contributed by atoms with Crippen molar-refractivity contribution >= 4 is 23.3 Å². The maximum atomic E-state index is 4.32. The van der Waals surface area contributed by atoms with E-state index in [-0.39, 0.29) is 0 Å². The van der Waals surface area contributed by atoms with Crippen molar-refractivity contribution in [2.75, 3.05) is 0 Å². The van der Waals surface area contributed by atoms with Crippen LogP contribution < -0.4 is 0 Å². The molecule has 2 aromatic heterocycles. The van der Waals surface area contributed by atoms with Crippen LogP contribution >= 0.6 is 0 Å². The van der Waals surface area contributed by atoms with Crippen LogP contribution in [0.1, 0.15) is 11.3 Å². The molecule has 0 fully saturated rings. The first kappa shape index (κ1) is 10.7. The summed E-state index contributed by atoms with van der Waals surface area (Å²) in [6, 6.07) is 10.1. The van der Waals surface area contributed by atoms with E-state index in [9.17, 15) is 0 Å². The lowest BCUT2D eigenvalue weighted by molar-refractivity contribution is 0.928. The molecule has 0 bridgehead atoms. The predicted molar refractivity (Wildman–Crippen MR) is 71.7 cm³/mol. The van der Waals surface area contributed by atoms with Crippen molar-refractivity contribution < 1.29 is 0 Å². The fraction of sp³-hybridized carbons (Fsp3) is 0.0714. The number of nitrogens with zero attached hydrogens (tertiary/aromatic N) is 4. The van der Waals surface area contributed by atoms with Crippen LogP contribution in [0.3, 0.4) is 0 Å². The van der Waals surface area contributed by atoms with Gasteiger partial charge in [-0.05, 0) is 11.6 Å². The van der Waals surface area contributed by atoms with E-state index >= 15 is 0 Å². The average molecular weight is 236 g/mol. The molecule has 0 radical (unpaired) electrons. The van der Waals surface area contributed by atoms with Crippen molar-refractivity contribution in [3.63, 3.8) is 0 Å². The lowest BCUT2D eigenvalue weighted by Crippen LogP contribution is -1.90. The quantitative estimate of drug-likeness (QED) is 0.686. The summed E-state index contributed by atoms with van der Waals surface area (Å²) in [6.45, 7) is 0. The lowest BCUT2D eigenvalue weighted by atomic mass is 10.2. The molecule has 4 nitrogen and oxygen atoms in total.